The molecule has 1 fully saturated rings. The maximum absolute atomic E-state index is 12.9. The molecule has 1 aromatic carbocycles. The molecule has 76 valence electrons. The lowest BCUT2D eigenvalue weighted by Gasteiger charge is -2.26. The molecule has 2 atom stereocenters. The van der Waals surface area contributed by atoms with E-state index in [1.807, 2.05) is 6.07 Å². The van der Waals surface area contributed by atoms with Gasteiger partial charge in [-0.15, -0.1) is 0 Å². The summed E-state index contributed by atoms with van der Waals surface area (Å²) in [7, 11) is 0. The zero-order chi connectivity index (χ0) is 9.97. The van der Waals surface area contributed by atoms with E-state index in [0.717, 1.165) is 5.56 Å². The van der Waals surface area contributed by atoms with Gasteiger partial charge in [-0.25, -0.2) is 4.39 Å². The molecule has 0 aliphatic carbocycles. The van der Waals surface area contributed by atoms with Gasteiger partial charge in [0.2, 0.25) is 0 Å². The molecular weight excluding hydrogens is 183 g/mol. The maximum Gasteiger partial charge on any atom is 0.123 e. The molecular formula is C11H13FO2. The molecule has 1 aromatic rings. The summed E-state index contributed by atoms with van der Waals surface area (Å²) >= 11 is 0. The Morgan fingerprint density at radius 1 is 1.43 bits per heavy atom. The molecule has 3 heteroatoms. The minimum Gasteiger partial charge on any atom is -0.393 e. The molecule has 0 amide bonds. The molecule has 0 radical (unpaired) electrons. The summed E-state index contributed by atoms with van der Waals surface area (Å²) in [6, 6.07) is 6.35. The summed E-state index contributed by atoms with van der Waals surface area (Å²) in [4.78, 5) is 0. The van der Waals surface area contributed by atoms with Gasteiger partial charge in [0.15, 0.2) is 0 Å². The van der Waals surface area contributed by atoms with E-state index in [1.165, 1.54) is 12.1 Å². The summed E-state index contributed by atoms with van der Waals surface area (Å²) in [6.45, 7) is 0.544. The highest BCUT2D eigenvalue weighted by molar-refractivity contribution is 5.19. The zero-order valence-corrected chi connectivity index (χ0v) is 7.82. The van der Waals surface area contributed by atoms with Crippen LogP contribution in [0.15, 0.2) is 24.3 Å². The van der Waals surface area contributed by atoms with Gasteiger partial charge < -0.3 is 9.84 Å². The van der Waals surface area contributed by atoms with Gasteiger partial charge >= 0.3 is 0 Å². The third kappa shape index (κ3) is 2.11. The first-order valence-corrected chi connectivity index (χ1v) is 4.81. The minimum absolute atomic E-state index is 0.158. The van der Waals surface area contributed by atoms with Gasteiger partial charge in [-0.2, -0.15) is 0 Å². The van der Waals surface area contributed by atoms with Crippen LogP contribution in [-0.2, 0) is 4.74 Å². The molecule has 1 heterocycles. The second kappa shape index (κ2) is 4.07. The molecule has 2 nitrogen and oxygen atoms in total. The van der Waals surface area contributed by atoms with Crippen molar-refractivity contribution in [2.45, 2.75) is 25.0 Å². The van der Waals surface area contributed by atoms with Gasteiger partial charge in [-0.3, -0.25) is 0 Å². The van der Waals surface area contributed by atoms with E-state index >= 15 is 0 Å². The fraction of sp³-hybridized carbons (Fsp3) is 0.455. The fourth-order valence-electron chi connectivity index (χ4n) is 1.72. The quantitative estimate of drug-likeness (QED) is 0.744. The predicted octanol–water partition coefficient (Wildman–Crippen LogP) is 2.04. The second-order valence-corrected chi connectivity index (χ2v) is 3.59. The Hall–Kier alpha value is -0.930. The molecule has 1 aliphatic heterocycles. The first-order chi connectivity index (χ1) is 6.75. The number of rotatable bonds is 1. The van der Waals surface area contributed by atoms with Crippen LogP contribution in [0.4, 0.5) is 4.39 Å². The molecule has 0 saturated carbocycles. The van der Waals surface area contributed by atoms with E-state index in [0.29, 0.717) is 19.4 Å². The number of halogens is 1. The topological polar surface area (TPSA) is 29.5 Å². The number of hydrogen-bond donors (Lipinski definition) is 1. The highest BCUT2D eigenvalue weighted by Gasteiger charge is 2.22. The highest BCUT2D eigenvalue weighted by atomic mass is 19.1. The maximum atomic E-state index is 12.9. The lowest BCUT2D eigenvalue weighted by atomic mass is 9.99. The Labute approximate surface area is 82.3 Å². The average molecular weight is 196 g/mol. The van der Waals surface area contributed by atoms with Gasteiger partial charge in [0.25, 0.3) is 0 Å². The lowest BCUT2D eigenvalue weighted by Crippen LogP contribution is -2.23. The van der Waals surface area contributed by atoms with Crippen LogP contribution in [0.2, 0.25) is 0 Å². The van der Waals surface area contributed by atoms with Crippen molar-refractivity contribution in [3.05, 3.63) is 35.6 Å². The van der Waals surface area contributed by atoms with Gasteiger partial charge in [0, 0.05) is 13.0 Å². The van der Waals surface area contributed by atoms with Crippen LogP contribution >= 0.6 is 0 Å². The van der Waals surface area contributed by atoms with Crippen molar-refractivity contribution in [2.24, 2.45) is 0 Å². The Bertz CT molecular complexity index is 314. The zero-order valence-electron chi connectivity index (χ0n) is 7.82. The second-order valence-electron chi connectivity index (χ2n) is 3.59. The van der Waals surface area contributed by atoms with Crippen LogP contribution in [0.1, 0.15) is 24.5 Å². The Morgan fingerprint density at radius 3 is 3.00 bits per heavy atom. The van der Waals surface area contributed by atoms with Crippen molar-refractivity contribution in [1.29, 1.82) is 0 Å². The van der Waals surface area contributed by atoms with Crippen LogP contribution in [0.3, 0.4) is 0 Å². The smallest absolute Gasteiger partial charge is 0.123 e. The van der Waals surface area contributed by atoms with Crippen molar-refractivity contribution in [3.8, 4) is 0 Å². The molecule has 1 saturated heterocycles. The molecule has 0 aromatic heterocycles. The van der Waals surface area contributed by atoms with E-state index in [9.17, 15) is 9.50 Å². The Morgan fingerprint density at radius 2 is 2.29 bits per heavy atom. The average Bonchev–Trinajstić information content (AvgIpc) is 2.18. The Kier molecular flexibility index (Phi) is 2.79. The van der Waals surface area contributed by atoms with Crippen molar-refractivity contribution < 1.29 is 14.2 Å². The predicted molar refractivity (Wildman–Crippen MR) is 50.3 cm³/mol. The molecule has 0 spiro atoms. The first kappa shape index (κ1) is 9.62. The normalized spacial score (nSPS) is 27.6. The third-order valence-electron chi connectivity index (χ3n) is 2.48. The highest BCUT2D eigenvalue weighted by Crippen LogP contribution is 2.28. The third-order valence-corrected chi connectivity index (χ3v) is 2.48. The summed E-state index contributed by atoms with van der Waals surface area (Å²) in [5.41, 5.74) is 0.809. The molecule has 0 bridgehead atoms. The van der Waals surface area contributed by atoms with Crippen LogP contribution in [0.25, 0.3) is 0 Å². The lowest BCUT2D eigenvalue weighted by molar-refractivity contribution is -0.0449. The minimum atomic E-state index is -0.322. The first-order valence-electron chi connectivity index (χ1n) is 4.81. The van der Waals surface area contributed by atoms with Crippen molar-refractivity contribution in [3.63, 3.8) is 0 Å². The van der Waals surface area contributed by atoms with Crippen LogP contribution in [0, 0.1) is 5.82 Å². The molecule has 1 N–H and O–H groups in total. The molecule has 2 rings (SSSR count). The SMILES string of the molecule is O[C@@H]1CCO[C@H](c2cccc(F)c2)C1. The van der Waals surface area contributed by atoms with Gasteiger partial charge in [0.05, 0.1) is 12.2 Å². The van der Waals surface area contributed by atoms with Gasteiger partial charge in [-0.05, 0) is 24.1 Å². The summed E-state index contributed by atoms with van der Waals surface area (Å²) in [5, 5.41) is 9.44. The van der Waals surface area contributed by atoms with Gasteiger partial charge in [-0.1, -0.05) is 12.1 Å². The number of ether oxygens (including phenoxy) is 1. The summed E-state index contributed by atoms with van der Waals surface area (Å²) in [5.74, 6) is -0.258. The van der Waals surface area contributed by atoms with Crippen molar-refractivity contribution in [2.75, 3.05) is 6.61 Å². The fourth-order valence-corrected chi connectivity index (χ4v) is 1.72. The number of aliphatic hydroxyl groups excluding tert-OH is 1. The molecule has 1 aliphatic rings. The summed E-state index contributed by atoms with van der Waals surface area (Å²) in [6.07, 6.45) is 0.751. The monoisotopic (exact) mass is 196 g/mol. The van der Waals surface area contributed by atoms with Crippen molar-refractivity contribution >= 4 is 0 Å². The van der Waals surface area contributed by atoms with E-state index in [4.69, 9.17) is 4.74 Å². The Balaban J connectivity index is 2.14. The standard InChI is InChI=1S/C11H13FO2/c12-9-3-1-2-8(6-9)11-7-10(13)4-5-14-11/h1-3,6,10-11,13H,4-5,7H2/t10-,11+/m1/s1. The van der Waals surface area contributed by atoms with E-state index in [-0.39, 0.29) is 18.0 Å². The summed E-state index contributed by atoms with van der Waals surface area (Å²) < 4.78 is 18.4. The van der Waals surface area contributed by atoms with Crippen LogP contribution in [0.5, 0.6) is 0 Å². The van der Waals surface area contributed by atoms with Crippen LogP contribution < -0.4 is 0 Å². The number of benzene rings is 1. The van der Waals surface area contributed by atoms with Crippen LogP contribution in [-0.4, -0.2) is 17.8 Å². The molecule has 0 unspecified atom stereocenters. The largest absolute Gasteiger partial charge is 0.393 e. The van der Waals surface area contributed by atoms with Gasteiger partial charge in [0.1, 0.15) is 5.82 Å². The van der Waals surface area contributed by atoms with Crippen molar-refractivity contribution in [1.82, 2.24) is 0 Å². The number of aliphatic hydroxyl groups is 1. The van der Waals surface area contributed by atoms with E-state index < -0.39 is 0 Å². The van der Waals surface area contributed by atoms with E-state index in [1.54, 1.807) is 6.07 Å². The number of hydrogen-bond acceptors (Lipinski definition) is 2. The van der Waals surface area contributed by atoms with E-state index in [2.05, 4.69) is 0 Å². The molecule has 14 heavy (non-hydrogen) atoms.